The molecule has 0 aliphatic heterocycles. The van der Waals surface area contributed by atoms with Crippen LogP contribution in [0.5, 0.6) is 5.75 Å². The molecule has 2 aromatic carbocycles. The fourth-order valence-electron chi connectivity index (χ4n) is 3.49. The minimum Gasteiger partial charge on any atom is -0.497 e. The standard InChI is InChI=1S/C22H24N2O5/c1-21(2,3)29-20(25)22(14-24(26)27,15-8-6-5-7-9-15)18-13-23-19-11-10-16(28-4)12-17(18)19/h5-13,23H,14H2,1-4H3/t22-/m0/s1. The highest BCUT2D eigenvalue weighted by atomic mass is 16.6. The fourth-order valence-corrected chi connectivity index (χ4v) is 3.49. The van der Waals surface area contributed by atoms with Gasteiger partial charge in [0.15, 0.2) is 5.41 Å². The number of esters is 1. The zero-order valence-corrected chi connectivity index (χ0v) is 16.9. The van der Waals surface area contributed by atoms with Crippen molar-refractivity contribution in [2.45, 2.75) is 31.8 Å². The maximum Gasteiger partial charge on any atom is 0.328 e. The predicted molar refractivity (Wildman–Crippen MR) is 110 cm³/mol. The van der Waals surface area contributed by atoms with E-state index in [1.54, 1.807) is 76.5 Å². The molecule has 7 nitrogen and oxygen atoms in total. The fraction of sp³-hybridized carbons (Fsp3) is 0.318. The van der Waals surface area contributed by atoms with E-state index in [1.165, 1.54) is 0 Å². The summed E-state index contributed by atoms with van der Waals surface area (Å²) >= 11 is 0. The molecule has 3 rings (SSSR count). The summed E-state index contributed by atoms with van der Waals surface area (Å²) in [5.74, 6) is -0.0813. The number of fused-ring (bicyclic) bond motifs is 1. The average molecular weight is 396 g/mol. The number of nitro groups is 1. The molecule has 3 aromatic rings. The van der Waals surface area contributed by atoms with E-state index in [9.17, 15) is 14.9 Å². The SMILES string of the molecule is COc1ccc2[nH]cc([C@@](C[N+](=O)[O-])(C(=O)OC(C)(C)C)c3ccccc3)c2c1. The first-order valence-electron chi connectivity index (χ1n) is 9.24. The summed E-state index contributed by atoms with van der Waals surface area (Å²) in [6, 6.07) is 14.1. The number of aromatic amines is 1. The van der Waals surface area contributed by atoms with Crippen LogP contribution in [0.2, 0.25) is 0 Å². The normalized spacial score (nSPS) is 13.7. The zero-order chi connectivity index (χ0) is 21.2. The van der Waals surface area contributed by atoms with Crippen LogP contribution in [0.4, 0.5) is 0 Å². The van der Waals surface area contributed by atoms with Gasteiger partial charge in [-0.1, -0.05) is 30.3 Å². The first kappa shape index (κ1) is 20.4. The van der Waals surface area contributed by atoms with E-state index >= 15 is 0 Å². The Morgan fingerprint density at radius 3 is 2.41 bits per heavy atom. The molecule has 1 atom stereocenters. The van der Waals surface area contributed by atoms with E-state index in [0.717, 1.165) is 5.52 Å². The summed E-state index contributed by atoms with van der Waals surface area (Å²) in [6.07, 6.45) is 1.64. The highest BCUT2D eigenvalue weighted by molar-refractivity contribution is 5.96. The van der Waals surface area contributed by atoms with E-state index in [4.69, 9.17) is 9.47 Å². The first-order chi connectivity index (χ1) is 13.7. The van der Waals surface area contributed by atoms with Gasteiger partial charge in [0.25, 0.3) is 0 Å². The molecule has 0 amide bonds. The molecule has 0 spiro atoms. The lowest BCUT2D eigenvalue weighted by molar-refractivity contribution is -0.486. The van der Waals surface area contributed by atoms with Gasteiger partial charge in [0.2, 0.25) is 6.54 Å². The number of nitrogens with zero attached hydrogens (tertiary/aromatic N) is 1. The largest absolute Gasteiger partial charge is 0.497 e. The van der Waals surface area contributed by atoms with Crippen molar-refractivity contribution in [2.24, 2.45) is 0 Å². The number of hydrogen-bond acceptors (Lipinski definition) is 5. The second-order valence-electron chi connectivity index (χ2n) is 7.88. The van der Waals surface area contributed by atoms with Gasteiger partial charge >= 0.3 is 5.97 Å². The number of ether oxygens (including phenoxy) is 2. The summed E-state index contributed by atoms with van der Waals surface area (Å²) in [5, 5.41) is 12.4. The van der Waals surface area contributed by atoms with Gasteiger partial charge in [-0.3, -0.25) is 14.9 Å². The van der Waals surface area contributed by atoms with Crippen LogP contribution >= 0.6 is 0 Å². The maximum absolute atomic E-state index is 13.5. The summed E-state index contributed by atoms with van der Waals surface area (Å²) in [6.45, 7) is 4.58. The topological polar surface area (TPSA) is 94.5 Å². The number of carbonyl (C=O) groups excluding carboxylic acids is 1. The van der Waals surface area contributed by atoms with Gasteiger partial charge in [0, 0.05) is 27.6 Å². The quantitative estimate of drug-likeness (QED) is 0.385. The Labute approximate surface area is 168 Å². The van der Waals surface area contributed by atoms with Gasteiger partial charge in [-0.15, -0.1) is 0 Å². The van der Waals surface area contributed by atoms with E-state index in [1.807, 2.05) is 6.07 Å². The van der Waals surface area contributed by atoms with Crippen LogP contribution in [0.3, 0.4) is 0 Å². The van der Waals surface area contributed by atoms with Gasteiger partial charge in [-0.25, -0.2) is 0 Å². The number of carbonyl (C=O) groups is 1. The smallest absolute Gasteiger partial charge is 0.328 e. The second-order valence-corrected chi connectivity index (χ2v) is 7.88. The number of H-pyrrole nitrogens is 1. The van der Waals surface area contributed by atoms with Crippen LogP contribution in [-0.2, 0) is 14.9 Å². The average Bonchev–Trinajstić information content (AvgIpc) is 3.08. The zero-order valence-electron chi connectivity index (χ0n) is 16.9. The van der Waals surface area contributed by atoms with Gasteiger partial charge in [-0.2, -0.15) is 0 Å². The van der Waals surface area contributed by atoms with Crippen LogP contribution in [0.15, 0.2) is 54.7 Å². The van der Waals surface area contributed by atoms with Gasteiger partial charge in [0.1, 0.15) is 11.4 Å². The summed E-state index contributed by atoms with van der Waals surface area (Å²) in [5.41, 5.74) is -0.716. The van der Waals surface area contributed by atoms with Crippen molar-refractivity contribution in [1.29, 1.82) is 0 Å². The minimum absolute atomic E-state index is 0.476. The number of nitrogens with one attached hydrogen (secondary N) is 1. The van der Waals surface area contributed by atoms with Crippen molar-refractivity contribution < 1.29 is 19.2 Å². The van der Waals surface area contributed by atoms with E-state index < -0.39 is 28.5 Å². The molecular weight excluding hydrogens is 372 g/mol. The van der Waals surface area contributed by atoms with Crippen LogP contribution in [-0.4, -0.2) is 35.1 Å². The molecule has 0 unspecified atom stereocenters. The Hall–Kier alpha value is -3.35. The first-order valence-corrected chi connectivity index (χ1v) is 9.24. The molecule has 0 aliphatic carbocycles. The van der Waals surface area contributed by atoms with Gasteiger partial charge < -0.3 is 14.5 Å². The number of benzene rings is 2. The molecule has 0 saturated heterocycles. The lowest BCUT2D eigenvalue weighted by Gasteiger charge is -2.32. The van der Waals surface area contributed by atoms with Gasteiger partial charge in [0.05, 0.1) is 7.11 Å². The van der Waals surface area contributed by atoms with E-state index in [-0.39, 0.29) is 0 Å². The van der Waals surface area contributed by atoms with Crippen molar-refractivity contribution in [3.8, 4) is 5.75 Å². The van der Waals surface area contributed by atoms with Gasteiger partial charge in [-0.05, 0) is 44.5 Å². The number of methoxy groups -OCH3 is 1. The molecule has 0 fully saturated rings. The minimum atomic E-state index is -1.62. The van der Waals surface area contributed by atoms with E-state index in [2.05, 4.69) is 4.98 Å². The molecule has 1 aromatic heterocycles. The van der Waals surface area contributed by atoms with Crippen LogP contribution in [0.25, 0.3) is 10.9 Å². The van der Waals surface area contributed by atoms with Crippen molar-refractivity contribution >= 4 is 16.9 Å². The van der Waals surface area contributed by atoms with Crippen molar-refractivity contribution in [3.05, 3.63) is 76.0 Å². The molecule has 1 heterocycles. The molecular formula is C22H24N2O5. The third kappa shape index (κ3) is 3.94. The Kier molecular flexibility index (Phi) is 5.33. The molecule has 0 radical (unpaired) electrons. The Morgan fingerprint density at radius 2 is 1.83 bits per heavy atom. The van der Waals surface area contributed by atoms with E-state index in [0.29, 0.717) is 22.3 Å². The third-order valence-corrected chi connectivity index (χ3v) is 4.73. The molecule has 1 N–H and O–H groups in total. The third-order valence-electron chi connectivity index (χ3n) is 4.73. The summed E-state index contributed by atoms with van der Waals surface area (Å²) in [7, 11) is 1.54. The Balaban J connectivity index is 2.35. The monoisotopic (exact) mass is 396 g/mol. The van der Waals surface area contributed by atoms with Crippen LogP contribution in [0.1, 0.15) is 31.9 Å². The molecule has 7 heteroatoms. The van der Waals surface area contributed by atoms with Crippen molar-refractivity contribution in [1.82, 2.24) is 4.98 Å². The van der Waals surface area contributed by atoms with Crippen LogP contribution < -0.4 is 4.74 Å². The lowest BCUT2D eigenvalue weighted by Crippen LogP contribution is -2.47. The lowest BCUT2D eigenvalue weighted by atomic mass is 9.74. The number of rotatable bonds is 6. The molecule has 152 valence electrons. The Morgan fingerprint density at radius 1 is 1.14 bits per heavy atom. The van der Waals surface area contributed by atoms with Crippen molar-refractivity contribution in [2.75, 3.05) is 13.7 Å². The highest BCUT2D eigenvalue weighted by Gasteiger charge is 2.51. The molecule has 0 saturated carbocycles. The highest BCUT2D eigenvalue weighted by Crippen LogP contribution is 2.40. The summed E-state index contributed by atoms with van der Waals surface area (Å²) in [4.78, 5) is 28.0. The Bertz CT molecular complexity index is 1040. The molecule has 0 bridgehead atoms. The number of hydrogen-bond donors (Lipinski definition) is 1. The second kappa shape index (κ2) is 7.58. The molecule has 0 aliphatic rings. The van der Waals surface area contributed by atoms with Crippen LogP contribution in [0, 0.1) is 10.1 Å². The van der Waals surface area contributed by atoms with Crippen molar-refractivity contribution in [3.63, 3.8) is 0 Å². The molecule has 29 heavy (non-hydrogen) atoms. The predicted octanol–water partition coefficient (Wildman–Crippen LogP) is 4.08. The number of aromatic nitrogens is 1. The maximum atomic E-state index is 13.5. The summed E-state index contributed by atoms with van der Waals surface area (Å²) < 4.78 is 11.0.